The normalized spacial score (nSPS) is 16.8. The molecular weight excluding hydrogens is 408 g/mol. The molecule has 2 aromatic carbocycles. The van der Waals surface area contributed by atoms with Crippen molar-refractivity contribution in [3.8, 4) is 17.2 Å². The van der Waals surface area contributed by atoms with Crippen LogP contribution in [0, 0.1) is 5.92 Å². The van der Waals surface area contributed by atoms with Crippen molar-refractivity contribution in [1.29, 1.82) is 0 Å². The van der Waals surface area contributed by atoms with Gasteiger partial charge in [-0.15, -0.1) is 0 Å². The molecule has 2 aliphatic rings. The number of rotatable bonds is 5. The smallest absolute Gasteiger partial charge is 0.263 e. The van der Waals surface area contributed by atoms with Crippen molar-refractivity contribution in [2.24, 2.45) is 5.92 Å². The van der Waals surface area contributed by atoms with E-state index < -0.39 is 6.10 Å². The number of nitrogens with one attached hydrogen (secondary N) is 1. The standard InChI is InChI=1S/C22H23ClN2O5/c1-14(30-18-5-2-16(23)3-6-18)22(27)25-10-8-15(9-11-25)21(26)24-17-4-7-19-20(12-17)29-13-28-19/h2-7,12,14-15H,8-11,13H2,1H3,(H,24,26)/t14-/m0/s1. The Morgan fingerprint density at radius 3 is 2.53 bits per heavy atom. The van der Waals surface area contributed by atoms with Crippen LogP contribution in [0.3, 0.4) is 0 Å². The number of amides is 2. The molecule has 0 spiro atoms. The average molecular weight is 431 g/mol. The number of nitrogens with zero attached hydrogens (tertiary/aromatic N) is 1. The van der Waals surface area contributed by atoms with Crippen molar-refractivity contribution >= 4 is 29.1 Å². The van der Waals surface area contributed by atoms with Gasteiger partial charge in [0.05, 0.1) is 0 Å². The summed E-state index contributed by atoms with van der Waals surface area (Å²) in [4.78, 5) is 27.1. The van der Waals surface area contributed by atoms with Crippen molar-refractivity contribution in [3.05, 3.63) is 47.5 Å². The van der Waals surface area contributed by atoms with Crippen LogP contribution in [0.5, 0.6) is 17.2 Å². The first-order valence-corrected chi connectivity index (χ1v) is 10.3. The molecule has 0 saturated carbocycles. The Balaban J connectivity index is 1.27. The van der Waals surface area contributed by atoms with E-state index in [2.05, 4.69) is 5.32 Å². The molecule has 1 atom stereocenters. The van der Waals surface area contributed by atoms with Gasteiger partial charge < -0.3 is 24.4 Å². The zero-order valence-electron chi connectivity index (χ0n) is 16.6. The Bertz CT molecular complexity index is 926. The van der Waals surface area contributed by atoms with Gasteiger partial charge in [-0.25, -0.2) is 0 Å². The van der Waals surface area contributed by atoms with Crippen LogP contribution in [0.25, 0.3) is 0 Å². The van der Waals surface area contributed by atoms with Gasteiger partial charge in [0.15, 0.2) is 17.6 Å². The number of carbonyl (C=O) groups is 2. The van der Waals surface area contributed by atoms with Gasteiger partial charge in [-0.05, 0) is 56.2 Å². The molecule has 1 saturated heterocycles. The Hall–Kier alpha value is -2.93. The molecule has 30 heavy (non-hydrogen) atoms. The number of carbonyl (C=O) groups excluding carboxylic acids is 2. The van der Waals surface area contributed by atoms with Crippen molar-refractivity contribution in [3.63, 3.8) is 0 Å². The Kier molecular flexibility index (Phi) is 5.99. The Labute approximate surface area is 179 Å². The summed E-state index contributed by atoms with van der Waals surface area (Å²) in [6, 6.07) is 12.2. The van der Waals surface area contributed by atoms with E-state index in [1.165, 1.54) is 0 Å². The number of likely N-dealkylation sites (tertiary alicyclic amines) is 1. The first-order valence-electron chi connectivity index (χ1n) is 9.91. The highest BCUT2D eigenvalue weighted by molar-refractivity contribution is 6.30. The fourth-order valence-corrected chi connectivity index (χ4v) is 3.73. The highest BCUT2D eigenvalue weighted by Crippen LogP contribution is 2.34. The van der Waals surface area contributed by atoms with Crippen LogP contribution in [-0.2, 0) is 9.59 Å². The molecule has 2 amide bonds. The second-order valence-electron chi connectivity index (χ2n) is 7.37. The molecule has 158 valence electrons. The molecule has 1 N–H and O–H groups in total. The third-order valence-corrected chi connectivity index (χ3v) is 5.54. The van der Waals surface area contributed by atoms with E-state index in [9.17, 15) is 9.59 Å². The molecular formula is C22H23ClN2O5. The third-order valence-electron chi connectivity index (χ3n) is 5.29. The molecule has 0 aromatic heterocycles. The molecule has 7 nitrogen and oxygen atoms in total. The fourth-order valence-electron chi connectivity index (χ4n) is 3.61. The minimum atomic E-state index is -0.606. The predicted molar refractivity (Wildman–Crippen MR) is 112 cm³/mol. The maximum Gasteiger partial charge on any atom is 0.263 e. The maximum absolute atomic E-state index is 12.7. The van der Waals surface area contributed by atoms with Crippen molar-refractivity contribution in [1.82, 2.24) is 4.90 Å². The molecule has 1 fully saturated rings. The van der Waals surface area contributed by atoms with Gasteiger partial charge in [0.2, 0.25) is 12.7 Å². The lowest BCUT2D eigenvalue weighted by Crippen LogP contribution is -2.46. The summed E-state index contributed by atoms with van der Waals surface area (Å²) in [5.74, 6) is 1.62. The van der Waals surface area contributed by atoms with Crippen LogP contribution in [0.2, 0.25) is 5.02 Å². The number of fused-ring (bicyclic) bond motifs is 1. The van der Waals surface area contributed by atoms with E-state index in [-0.39, 0.29) is 24.5 Å². The quantitative estimate of drug-likeness (QED) is 0.782. The lowest BCUT2D eigenvalue weighted by atomic mass is 9.95. The molecule has 8 heteroatoms. The zero-order valence-corrected chi connectivity index (χ0v) is 17.4. The summed E-state index contributed by atoms with van der Waals surface area (Å²) in [7, 11) is 0. The van der Waals surface area contributed by atoms with E-state index in [0.717, 1.165) is 0 Å². The topological polar surface area (TPSA) is 77.1 Å². The van der Waals surface area contributed by atoms with Gasteiger partial charge in [0.1, 0.15) is 5.75 Å². The van der Waals surface area contributed by atoms with Crippen LogP contribution < -0.4 is 19.5 Å². The van der Waals surface area contributed by atoms with Crippen LogP contribution in [0.15, 0.2) is 42.5 Å². The number of piperidine rings is 1. The second kappa shape index (κ2) is 8.83. The van der Waals surface area contributed by atoms with Gasteiger partial charge in [-0.2, -0.15) is 0 Å². The fraction of sp³-hybridized carbons (Fsp3) is 0.364. The Morgan fingerprint density at radius 2 is 1.80 bits per heavy atom. The minimum Gasteiger partial charge on any atom is -0.481 e. The number of ether oxygens (including phenoxy) is 3. The lowest BCUT2D eigenvalue weighted by Gasteiger charge is -2.33. The number of benzene rings is 2. The number of anilines is 1. The van der Waals surface area contributed by atoms with Crippen LogP contribution in [0.4, 0.5) is 5.69 Å². The van der Waals surface area contributed by atoms with E-state index in [1.807, 2.05) is 0 Å². The van der Waals surface area contributed by atoms with Gasteiger partial charge in [0.25, 0.3) is 5.91 Å². The molecule has 2 aliphatic heterocycles. The van der Waals surface area contributed by atoms with Crippen LogP contribution >= 0.6 is 11.6 Å². The summed E-state index contributed by atoms with van der Waals surface area (Å²) in [6.07, 6.45) is 0.608. The second-order valence-corrected chi connectivity index (χ2v) is 7.81. The summed E-state index contributed by atoms with van der Waals surface area (Å²) in [6.45, 7) is 2.97. The maximum atomic E-state index is 12.7. The first-order chi connectivity index (χ1) is 14.5. The van der Waals surface area contributed by atoms with Crippen LogP contribution in [0.1, 0.15) is 19.8 Å². The summed E-state index contributed by atoms with van der Waals surface area (Å²) < 4.78 is 16.3. The molecule has 0 aliphatic carbocycles. The van der Waals surface area contributed by atoms with Gasteiger partial charge in [0, 0.05) is 35.8 Å². The number of hydrogen-bond donors (Lipinski definition) is 1. The largest absolute Gasteiger partial charge is 0.481 e. The van der Waals surface area contributed by atoms with Crippen molar-refractivity contribution < 1.29 is 23.8 Å². The molecule has 4 rings (SSSR count). The van der Waals surface area contributed by atoms with E-state index in [1.54, 1.807) is 54.3 Å². The number of halogens is 1. The van der Waals surface area contributed by atoms with Crippen LogP contribution in [-0.4, -0.2) is 42.7 Å². The molecule has 2 heterocycles. The van der Waals surface area contributed by atoms with E-state index in [4.69, 9.17) is 25.8 Å². The molecule has 2 aromatic rings. The van der Waals surface area contributed by atoms with Gasteiger partial charge in [-0.3, -0.25) is 9.59 Å². The van der Waals surface area contributed by atoms with Crippen molar-refractivity contribution in [2.45, 2.75) is 25.9 Å². The lowest BCUT2D eigenvalue weighted by molar-refractivity contribution is -0.140. The Morgan fingerprint density at radius 1 is 1.10 bits per heavy atom. The van der Waals surface area contributed by atoms with Crippen molar-refractivity contribution in [2.75, 3.05) is 25.2 Å². The molecule has 0 radical (unpaired) electrons. The highest BCUT2D eigenvalue weighted by atomic mass is 35.5. The monoisotopic (exact) mass is 430 g/mol. The van der Waals surface area contributed by atoms with Gasteiger partial charge >= 0.3 is 0 Å². The van der Waals surface area contributed by atoms with E-state index >= 15 is 0 Å². The SMILES string of the molecule is C[C@H](Oc1ccc(Cl)cc1)C(=O)N1CCC(C(=O)Nc2ccc3c(c2)OCO3)CC1. The average Bonchev–Trinajstić information content (AvgIpc) is 3.23. The summed E-state index contributed by atoms with van der Waals surface area (Å²) >= 11 is 5.87. The molecule has 0 bridgehead atoms. The highest BCUT2D eigenvalue weighted by Gasteiger charge is 2.30. The first kappa shape index (κ1) is 20.3. The predicted octanol–water partition coefficient (Wildman–Crippen LogP) is 3.71. The summed E-state index contributed by atoms with van der Waals surface area (Å²) in [5, 5.41) is 3.55. The third kappa shape index (κ3) is 4.62. The zero-order chi connectivity index (χ0) is 21.1. The van der Waals surface area contributed by atoms with Gasteiger partial charge in [-0.1, -0.05) is 11.6 Å². The summed E-state index contributed by atoms with van der Waals surface area (Å²) in [5.41, 5.74) is 0.674. The molecule has 0 unspecified atom stereocenters. The number of hydrogen-bond acceptors (Lipinski definition) is 5. The van der Waals surface area contributed by atoms with E-state index in [0.29, 0.717) is 53.9 Å². The minimum absolute atomic E-state index is 0.0496.